The fourth-order valence-electron chi connectivity index (χ4n) is 3.29. The van der Waals surface area contributed by atoms with Gasteiger partial charge in [-0.05, 0) is 49.3 Å². The summed E-state index contributed by atoms with van der Waals surface area (Å²) in [5, 5.41) is 0. The largest absolute Gasteiger partial charge is 0.417 e. The summed E-state index contributed by atoms with van der Waals surface area (Å²) in [5.74, 6) is 0.596. The first-order valence-corrected chi connectivity index (χ1v) is 7.06. The van der Waals surface area contributed by atoms with Gasteiger partial charge in [0, 0.05) is 13.1 Å². The lowest BCUT2D eigenvalue weighted by molar-refractivity contribution is 0.0553. The molecule has 4 nitrogen and oxygen atoms in total. The van der Waals surface area contributed by atoms with Crippen molar-refractivity contribution in [2.24, 2.45) is 11.8 Å². The van der Waals surface area contributed by atoms with E-state index < -0.39 is 12.1 Å². The molecule has 2 atom stereocenters. The summed E-state index contributed by atoms with van der Waals surface area (Å²) in [4.78, 5) is 25.6. The Balaban J connectivity index is 1.60. The van der Waals surface area contributed by atoms with E-state index in [4.69, 9.17) is 4.74 Å². The number of carbonyl (C=O) groups is 2. The third kappa shape index (κ3) is 2.55. The molecular formula is C16H18NO3. The number of benzene rings is 1. The van der Waals surface area contributed by atoms with E-state index in [0.29, 0.717) is 17.4 Å². The van der Waals surface area contributed by atoms with Gasteiger partial charge in [0.15, 0.2) is 0 Å². The van der Waals surface area contributed by atoms with Gasteiger partial charge in [0.2, 0.25) is 0 Å². The number of likely N-dealkylation sites (tertiary alicyclic amines) is 1. The Hall–Kier alpha value is -1.84. The van der Waals surface area contributed by atoms with Crippen LogP contribution in [0.15, 0.2) is 24.3 Å². The van der Waals surface area contributed by atoms with Crippen LogP contribution in [0.25, 0.3) is 0 Å². The molecule has 105 valence electrons. The van der Waals surface area contributed by atoms with Crippen LogP contribution in [-0.2, 0) is 4.74 Å². The van der Waals surface area contributed by atoms with E-state index in [1.54, 1.807) is 29.2 Å². The molecule has 1 aliphatic heterocycles. The molecule has 1 saturated heterocycles. The second-order valence-electron chi connectivity index (χ2n) is 5.71. The first-order chi connectivity index (χ1) is 9.63. The number of fused-ring (bicyclic) bond motifs is 1. The molecule has 0 N–H and O–H groups in total. The number of amides is 1. The van der Waals surface area contributed by atoms with Crippen LogP contribution in [0.3, 0.4) is 0 Å². The molecule has 1 aromatic carbocycles. The van der Waals surface area contributed by atoms with E-state index >= 15 is 0 Å². The zero-order valence-corrected chi connectivity index (χ0v) is 11.4. The van der Waals surface area contributed by atoms with Crippen LogP contribution >= 0.6 is 0 Å². The van der Waals surface area contributed by atoms with Crippen LogP contribution < -0.4 is 0 Å². The van der Waals surface area contributed by atoms with Gasteiger partial charge in [0.1, 0.15) is 0 Å². The van der Waals surface area contributed by atoms with Gasteiger partial charge in [-0.25, -0.2) is 9.59 Å². The highest BCUT2D eigenvalue weighted by molar-refractivity contribution is 5.96. The molecular weight excluding hydrogens is 254 g/mol. The Morgan fingerprint density at radius 3 is 2.55 bits per heavy atom. The molecule has 3 rings (SSSR count). The van der Waals surface area contributed by atoms with Crippen LogP contribution in [0.2, 0.25) is 0 Å². The maximum atomic E-state index is 12.0. The van der Waals surface area contributed by atoms with Gasteiger partial charge in [-0.1, -0.05) is 18.6 Å². The average molecular weight is 272 g/mol. The number of hydrogen-bond donors (Lipinski definition) is 0. The van der Waals surface area contributed by atoms with Gasteiger partial charge >= 0.3 is 12.1 Å². The normalized spacial score (nSPS) is 24.6. The fraction of sp³-hybridized carbons (Fsp3) is 0.438. The van der Waals surface area contributed by atoms with E-state index in [1.165, 1.54) is 19.3 Å². The Morgan fingerprint density at radius 2 is 1.90 bits per heavy atom. The number of hydrogen-bond acceptors (Lipinski definition) is 3. The lowest BCUT2D eigenvalue weighted by Crippen LogP contribution is -2.31. The minimum Gasteiger partial charge on any atom is -0.372 e. The number of nitrogens with zero attached hydrogens (tertiary/aromatic N) is 1. The van der Waals surface area contributed by atoms with Crippen LogP contribution in [-0.4, -0.2) is 30.1 Å². The van der Waals surface area contributed by atoms with Crippen molar-refractivity contribution in [3.8, 4) is 0 Å². The van der Waals surface area contributed by atoms with E-state index in [0.717, 1.165) is 18.7 Å². The van der Waals surface area contributed by atoms with Gasteiger partial charge in [-0.3, -0.25) is 0 Å². The molecule has 1 amide bonds. The van der Waals surface area contributed by atoms with Crippen molar-refractivity contribution in [3.05, 3.63) is 42.3 Å². The third-order valence-electron chi connectivity index (χ3n) is 4.33. The van der Waals surface area contributed by atoms with Crippen molar-refractivity contribution in [1.82, 2.24) is 4.90 Å². The fourth-order valence-corrected chi connectivity index (χ4v) is 3.29. The lowest BCUT2D eigenvalue weighted by Gasteiger charge is -2.16. The average Bonchev–Trinajstić information content (AvgIpc) is 2.99. The summed E-state index contributed by atoms with van der Waals surface area (Å²) >= 11 is 0. The smallest absolute Gasteiger partial charge is 0.372 e. The molecule has 0 bridgehead atoms. The van der Waals surface area contributed by atoms with E-state index in [1.807, 2.05) is 0 Å². The Kier molecular flexibility index (Phi) is 3.47. The summed E-state index contributed by atoms with van der Waals surface area (Å²) in [7, 11) is 0. The van der Waals surface area contributed by atoms with Gasteiger partial charge < -0.3 is 9.64 Å². The summed E-state index contributed by atoms with van der Waals surface area (Å²) < 4.78 is 4.96. The summed E-state index contributed by atoms with van der Waals surface area (Å²) in [5.41, 5.74) is 1.09. The second kappa shape index (κ2) is 5.27. The van der Waals surface area contributed by atoms with Gasteiger partial charge in [0.05, 0.1) is 5.56 Å². The predicted molar refractivity (Wildman–Crippen MR) is 74.1 cm³/mol. The molecule has 0 aromatic heterocycles. The molecule has 0 spiro atoms. The van der Waals surface area contributed by atoms with Gasteiger partial charge in [0.25, 0.3) is 0 Å². The minimum absolute atomic E-state index is 0.366. The number of esters is 1. The standard InChI is InChI=1S/C16H18NO3/c1-11-4-2-5-12(8-11)15(18)20-16(19)17-9-13-6-3-7-14(13)10-17/h2,4-5,8,13-14H,1,3,6-7,9-10H2. The number of carbonyl (C=O) groups excluding carboxylic acids is 2. The van der Waals surface area contributed by atoms with Crippen molar-refractivity contribution >= 4 is 12.1 Å². The molecule has 1 radical (unpaired) electrons. The van der Waals surface area contributed by atoms with Crippen LogP contribution in [0.1, 0.15) is 35.2 Å². The maximum absolute atomic E-state index is 12.0. The zero-order chi connectivity index (χ0) is 14.1. The van der Waals surface area contributed by atoms with Crippen LogP contribution in [0, 0.1) is 18.8 Å². The summed E-state index contributed by atoms with van der Waals surface area (Å²) in [6.45, 7) is 5.21. The van der Waals surface area contributed by atoms with Gasteiger partial charge in [-0.15, -0.1) is 0 Å². The third-order valence-corrected chi connectivity index (χ3v) is 4.33. The lowest BCUT2D eigenvalue weighted by atomic mass is 10.0. The molecule has 1 heterocycles. The number of rotatable bonds is 1. The highest BCUT2D eigenvalue weighted by atomic mass is 16.6. The quantitative estimate of drug-likeness (QED) is 0.583. The maximum Gasteiger partial charge on any atom is 0.417 e. The summed E-state index contributed by atoms with van der Waals surface area (Å²) in [6.07, 6.45) is 3.12. The molecule has 2 aliphatic rings. The van der Waals surface area contributed by atoms with E-state index in [9.17, 15) is 9.59 Å². The van der Waals surface area contributed by atoms with Crippen molar-refractivity contribution in [3.63, 3.8) is 0 Å². The highest BCUT2D eigenvalue weighted by Gasteiger charge is 2.39. The second-order valence-corrected chi connectivity index (χ2v) is 5.71. The monoisotopic (exact) mass is 272 g/mol. The first kappa shape index (κ1) is 13.2. The first-order valence-electron chi connectivity index (χ1n) is 7.06. The molecule has 20 heavy (non-hydrogen) atoms. The Bertz CT molecular complexity index is 528. The molecule has 2 unspecified atom stereocenters. The van der Waals surface area contributed by atoms with Gasteiger partial charge in [-0.2, -0.15) is 0 Å². The van der Waals surface area contributed by atoms with Crippen molar-refractivity contribution in [1.29, 1.82) is 0 Å². The summed E-state index contributed by atoms with van der Waals surface area (Å²) in [6, 6.07) is 6.77. The Morgan fingerprint density at radius 1 is 1.20 bits per heavy atom. The predicted octanol–water partition coefficient (Wildman–Crippen LogP) is 2.88. The SMILES string of the molecule is [CH2]c1cccc(C(=O)OC(=O)N2CC3CCCC3C2)c1. The van der Waals surface area contributed by atoms with Crippen LogP contribution in [0.5, 0.6) is 0 Å². The molecule has 1 aliphatic carbocycles. The number of ether oxygens (including phenoxy) is 1. The minimum atomic E-state index is -0.599. The van der Waals surface area contributed by atoms with Crippen LogP contribution in [0.4, 0.5) is 4.79 Å². The molecule has 2 fully saturated rings. The van der Waals surface area contributed by atoms with E-state index in [2.05, 4.69) is 6.92 Å². The topological polar surface area (TPSA) is 46.6 Å². The Labute approximate surface area is 118 Å². The van der Waals surface area contributed by atoms with E-state index in [-0.39, 0.29) is 0 Å². The van der Waals surface area contributed by atoms with Crippen molar-refractivity contribution < 1.29 is 14.3 Å². The molecule has 1 saturated carbocycles. The molecule has 4 heteroatoms. The van der Waals surface area contributed by atoms with Crippen molar-refractivity contribution in [2.45, 2.75) is 19.3 Å². The zero-order valence-electron chi connectivity index (χ0n) is 11.4. The van der Waals surface area contributed by atoms with Crippen molar-refractivity contribution in [2.75, 3.05) is 13.1 Å². The highest BCUT2D eigenvalue weighted by Crippen LogP contribution is 2.37. The molecule has 1 aromatic rings.